The van der Waals surface area contributed by atoms with Crippen molar-refractivity contribution in [3.63, 3.8) is 0 Å². The number of aryl methyl sites for hydroxylation is 1. The predicted molar refractivity (Wildman–Crippen MR) is 131 cm³/mol. The van der Waals surface area contributed by atoms with Crippen LogP contribution in [0.5, 0.6) is 0 Å². The van der Waals surface area contributed by atoms with E-state index in [-0.39, 0.29) is 22.7 Å². The topological polar surface area (TPSA) is 135 Å². The SMILES string of the molecule is CCN(CC)CCNC(=O)c1c(C)[nH]c(/C=C2\C(=O)N(C(=O)NS(=O)O)c3ccc(F)cc32)c1C. The van der Waals surface area contributed by atoms with Crippen molar-refractivity contribution in [2.24, 2.45) is 0 Å². The Morgan fingerprint density at radius 2 is 1.94 bits per heavy atom. The van der Waals surface area contributed by atoms with Gasteiger partial charge in [-0.05, 0) is 56.8 Å². The highest BCUT2D eigenvalue weighted by Gasteiger charge is 2.38. The van der Waals surface area contributed by atoms with Crippen LogP contribution in [-0.2, 0) is 16.1 Å². The smallest absolute Gasteiger partial charge is 0.342 e. The molecule has 1 aromatic heterocycles. The molecule has 2 aromatic rings. The predicted octanol–water partition coefficient (Wildman–Crippen LogP) is 2.58. The number of amides is 4. The zero-order chi connectivity index (χ0) is 25.9. The molecule has 0 saturated carbocycles. The molecule has 0 bridgehead atoms. The second-order valence-corrected chi connectivity index (χ2v) is 8.67. The number of hydrogen-bond donors (Lipinski definition) is 4. The summed E-state index contributed by atoms with van der Waals surface area (Å²) in [6.07, 6.45) is 1.44. The quantitative estimate of drug-likeness (QED) is 0.322. The fourth-order valence-corrected chi connectivity index (χ4v) is 4.33. The van der Waals surface area contributed by atoms with Gasteiger partial charge in [0.15, 0.2) is 0 Å². The monoisotopic (exact) mass is 505 g/mol. The highest BCUT2D eigenvalue weighted by atomic mass is 32.2. The van der Waals surface area contributed by atoms with Gasteiger partial charge in [-0.3, -0.25) is 14.1 Å². The number of nitrogens with zero attached hydrogens (tertiary/aromatic N) is 2. The van der Waals surface area contributed by atoms with Crippen molar-refractivity contribution in [3.8, 4) is 0 Å². The van der Waals surface area contributed by atoms with Crippen molar-refractivity contribution in [2.75, 3.05) is 31.1 Å². The molecule has 12 heteroatoms. The molecule has 4 N–H and O–H groups in total. The number of halogens is 1. The van der Waals surface area contributed by atoms with Crippen LogP contribution in [0.4, 0.5) is 14.9 Å². The summed E-state index contributed by atoms with van der Waals surface area (Å²) < 4.78 is 35.8. The summed E-state index contributed by atoms with van der Waals surface area (Å²) in [7, 11) is 0. The number of imide groups is 1. The van der Waals surface area contributed by atoms with Gasteiger partial charge in [-0.1, -0.05) is 13.8 Å². The van der Waals surface area contributed by atoms with Crippen molar-refractivity contribution >= 4 is 46.4 Å². The number of aromatic amines is 1. The van der Waals surface area contributed by atoms with Crippen LogP contribution in [0.25, 0.3) is 11.6 Å². The van der Waals surface area contributed by atoms with Crippen molar-refractivity contribution in [1.82, 2.24) is 19.9 Å². The molecule has 4 amide bonds. The first-order valence-electron chi connectivity index (χ1n) is 11.1. The molecule has 1 unspecified atom stereocenters. The first-order valence-corrected chi connectivity index (χ1v) is 12.2. The molecule has 1 aliphatic heterocycles. The van der Waals surface area contributed by atoms with Gasteiger partial charge < -0.3 is 15.2 Å². The average molecular weight is 506 g/mol. The minimum atomic E-state index is -2.69. The number of carbonyl (C=O) groups excluding carboxylic acids is 3. The molecule has 1 atom stereocenters. The van der Waals surface area contributed by atoms with Gasteiger partial charge in [-0.15, -0.1) is 0 Å². The molecule has 2 heterocycles. The third kappa shape index (κ3) is 5.50. The van der Waals surface area contributed by atoms with Crippen LogP contribution in [0.1, 0.15) is 46.7 Å². The van der Waals surface area contributed by atoms with E-state index in [2.05, 4.69) is 15.2 Å². The van der Waals surface area contributed by atoms with Crippen molar-refractivity contribution in [1.29, 1.82) is 0 Å². The Morgan fingerprint density at radius 1 is 1.26 bits per heavy atom. The number of aromatic nitrogens is 1. The number of carbonyl (C=O) groups is 3. The first kappa shape index (κ1) is 26.3. The summed E-state index contributed by atoms with van der Waals surface area (Å²) in [4.78, 5) is 44.3. The van der Waals surface area contributed by atoms with Gasteiger partial charge in [0.2, 0.25) is 0 Å². The Hall–Kier alpha value is -3.35. The van der Waals surface area contributed by atoms with Gasteiger partial charge in [-0.2, -0.15) is 0 Å². The van der Waals surface area contributed by atoms with E-state index in [9.17, 15) is 23.0 Å². The summed E-state index contributed by atoms with van der Waals surface area (Å²) in [6.45, 7) is 10.5. The maximum absolute atomic E-state index is 14.0. The largest absolute Gasteiger partial charge is 0.358 e. The maximum atomic E-state index is 14.0. The van der Waals surface area contributed by atoms with E-state index in [1.807, 2.05) is 13.8 Å². The van der Waals surface area contributed by atoms with Crippen LogP contribution in [0.3, 0.4) is 0 Å². The number of benzene rings is 1. The van der Waals surface area contributed by atoms with E-state index in [4.69, 9.17) is 4.55 Å². The number of anilines is 1. The summed E-state index contributed by atoms with van der Waals surface area (Å²) in [5.74, 6) is -1.68. The molecule has 10 nitrogen and oxygen atoms in total. The van der Waals surface area contributed by atoms with Crippen LogP contribution in [-0.4, -0.2) is 62.7 Å². The molecule has 0 saturated heterocycles. The summed E-state index contributed by atoms with van der Waals surface area (Å²) in [5.41, 5.74) is 2.27. The summed E-state index contributed by atoms with van der Waals surface area (Å²) >= 11 is -2.69. The summed E-state index contributed by atoms with van der Waals surface area (Å²) in [5, 5.41) is 2.91. The first-order chi connectivity index (χ1) is 16.6. The molecule has 0 aliphatic carbocycles. The lowest BCUT2D eigenvalue weighted by atomic mass is 10.0. The fourth-order valence-electron chi connectivity index (χ4n) is 4.08. The lowest BCUT2D eigenvalue weighted by molar-refractivity contribution is -0.112. The van der Waals surface area contributed by atoms with Gasteiger partial charge in [0.25, 0.3) is 23.1 Å². The standard InChI is InChI=1S/C23H28FN5O5S/c1-5-28(6-2)10-9-25-21(30)20-13(3)18(26-14(20)4)12-17-16-11-15(24)7-8-19(16)29(22(17)31)23(32)27-35(33)34/h7-8,11-12,26H,5-6,9-10H2,1-4H3,(H,25,30)(H,27,32)(H,33,34)/b17-12-. The molecule has 188 valence electrons. The normalized spacial score (nSPS) is 15.0. The van der Waals surface area contributed by atoms with Crippen LogP contribution in [0.15, 0.2) is 18.2 Å². The zero-order valence-corrected chi connectivity index (χ0v) is 20.7. The van der Waals surface area contributed by atoms with Gasteiger partial charge in [-0.25, -0.2) is 23.0 Å². The Labute approximate surface area is 205 Å². The molecular weight excluding hydrogens is 477 g/mol. The second kappa shape index (κ2) is 10.9. The molecule has 35 heavy (non-hydrogen) atoms. The van der Waals surface area contributed by atoms with E-state index < -0.39 is 29.0 Å². The Balaban J connectivity index is 1.94. The van der Waals surface area contributed by atoms with Crippen molar-refractivity contribution < 1.29 is 27.5 Å². The zero-order valence-electron chi connectivity index (χ0n) is 19.9. The van der Waals surface area contributed by atoms with Gasteiger partial charge in [0.05, 0.1) is 16.8 Å². The molecule has 0 spiro atoms. The fraction of sp³-hybridized carbons (Fsp3) is 0.348. The number of fused-ring (bicyclic) bond motifs is 1. The molecule has 1 aromatic carbocycles. The van der Waals surface area contributed by atoms with Crippen molar-refractivity contribution in [3.05, 3.63) is 52.1 Å². The van der Waals surface area contributed by atoms with Crippen LogP contribution < -0.4 is 14.9 Å². The number of likely N-dealkylation sites (N-methyl/N-ethyl adjacent to an activating group) is 1. The van der Waals surface area contributed by atoms with Crippen LogP contribution >= 0.6 is 0 Å². The molecule has 3 rings (SSSR count). The average Bonchev–Trinajstić information content (AvgIpc) is 3.23. The van der Waals surface area contributed by atoms with Gasteiger partial charge in [0, 0.05) is 30.0 Å². The lowest BCUT2D eigenvalue weighted by Gasteiger charge is -2.18. The lowest BCUT2D eigenvalue weighted by Crippen LogP contribution is -2.42. The van der Waals surface area contributed by atoms with E-state index >= 15 is 0 Å². The number of urea groups is 1. The van der Waals surface area contributed by atoms with Crippen LogP contribution in [0, 0.1) is 19.7 Å². The second-order valence-electron chi connectivity index (χ2n) is 7.96. The maximum Gasteiger partial charge on any atom is 0.342 e. The van der Waals surface area contributed by atoms with Crippen molar-refractivity contribution in [2.45, 2.75) is 27.7 Å². The molecule has 0 fully saturated rings. The number of H-pyrrole nitrogens is 1. The van der Waals surface area contributed by atoms with E-state index in [1.165, 1.54) is 12.1 Å². The highest BCUT2D eigenvalue weighted by Crippen LogP contribution is 2.38. The minimum absolute atomic E-state index is 0.00351. The third-order valence-electron chi connectivity index (χ3n) is 5.90. The molecular formula is C23H28FN5O5S. The number of hydrogen-bond acceptors (Lipinski definition) is 5. The Bertz CT molecular complexity index is 1220. The number of rotatable bonds is 8. The highest BCUT2D eigenvalue weighted by molar-refractivity contribution is 7.77. The van der Waals surface area contributed by atoms with E-state index in [1.54, 1.807) is 18.6 Å². The van der Waals surface area contributed by atoms with E-state index in [0.29, 0.717) is 40.5 Å². The van der Waals surface area contributed by atoms with Gasteiger partial charge in [0.1, 0.15) is 5.82 Å². The van der Waals surface area contributed by atoms with Crippen LogP contribution in [0.2, 0.25) is 0 Å². The summed E-state index contributed by atoms with van der Waals surface area (Å²) in [6, 6.07) is 2.30. The van der Waals surface area contributed by atoms with E-state index in [0.717, 1.165) is 25.2 Å². The third-order valence-corrected chi connectivity index (χ3v) is 6.25. The molecule has 1 aliphatic rings. The van der Waals surface area contributed by atoms with Gasteiger partial charge >= 0.3 is 6.03 Å². The number of nitrogens with one attached hydrogen (secondary N) is 3. The molecule has 0 radical (unpaired) electrons. The minimum Gasteiger partial charge on any atom is -0.358 e. The Kier molecular flexibility index (Phi) is 8.20. The Morgan fingerprint density at radius 3 is 2.57 bits per heavy atom.